The molecule has 0 aliphatic rings. The lowest BCUT2D eigenvalue weighted by Crippen LogP contribution is -2.22. The maximum Gasteiger partial charge on any atom is 0.337 e. The molecule has 7 nitrogen and oxygen atoms in total. The second-order valence-electron chi connectivity index (χ2n) is 6.10. The van der Waals surface area contributed by atoms with Crippen LogP contribution in [0.5, 0.6) is 0 Å². The maximum atomic E-state index is 12.5. The van der Waals surface area contributed by atoms with Crippen molar-refractivity contribution in [2.45, 2.75) is 12.1 Å². The lowest BCUT2D eigenvalue weighted by molar-refractivity contribution is -0.113. The molecule has 0 spiro atoms. The fraction of sp³-hybridized carbons (Fsp3) is 0.143. The Labute approximate surface area is 171 Å². The van der Waals surface area contributed by atoms with E-state index in [9.17, 15) is 14.4 Å². The van der Waals surface area contributed by atoms with E-state index in [4.69, 9.17) is 0 Å². The number of amides is 1. The summed E-state index contributed by atoms with van der Waals surface area (Å²) in [5, 5.41) is 3.20. The van der Waals surface area contributed by atoms with Crippen molar-refractivity contribution in [3.8, 4) is 5.69 Å². The van der Waals surface area contributed by atoms with Gasteiger partial charge in [0, 0.05) is 17.4 Å². The molecular formula is C21H19N3O4S. The molecule has 148 valence electrons. The Morgan fingerprint density at radius 1 is 1.10 bits per heavy atom. The van der Waals surface area contributed by atoms with Crippen molar-refractivity contribution in [2.75, 3.05) is 18.2 Å². The monoisotopic (exact) mass is 409 g/mol. The molecule has 3 rings (SSSR count). The first-order chi connectivity index (χ1) is 14.0. The van der Waals surface area contributed by atoms with Crippen molar-refractivity contribution in [1.29, 1.82) is 0 Å². The van der Waals surface area contributed by atoms with Crippen LogP contribution in [-0.2, 0) is 9.53 Å². The Balaban J connectivity index is 1.72. The van der Waals surface area contributed by atoms with Gasteiger partial charge in [0.05, 0.1) is 24.1 Å². The normalized spacial score (nSPS) is 10.4. The number of hydrogen-bond acceptors (Lipinski definition) is 6. The highest BCUT2D eigenvalue weighted by Gasteiger charge is 2.13. The highest BCUT2D eigenvalue weighted by Crippen LogP contribution is 2.19. The average molecular weight is 409 g/mol. The summed E-state index contributed by atoms with van der Waals surface area (Å²) in [7, 11) is 1.31. The van der Waals surface area contributed by atoms with Gasteiger partial charge in [-0.05, 0) is 43.3 Å². The number of nitrogens with one attached hydrogen (secondary N) is 1. The second kappa shape index (κ2) is 9.20. The molecule has 0 atom stereocenters. The summed E-state index contributed by atoms with van der Waals surface area (Å²) >= 11 is 1.17. The van der Waals surface area contributed by atoms with E-state index in [1.54, 1.807) is 31.2 Å². The molecular weight excluding hydrogens is 390 g/mol. The van der Waals surface area contributed by atoms with Gasteiger partial charge in [-0.15, -0.1) is 0 Å². The Kier molecular flexibility index (Phi) is 6.46. The summed E-state index contributed by atoms with van der Waals surface area (Å²) in [6, 6.07) is 17.0. The van der Waals surface area contributed by atoms with Gasteiger partial charge in [0.15, 0.2) is 5.16 Å². The Morgan fingerprint density at radius 3 is 2.45 bits per heavy atom. The number of ether oxygens (including phenoxy) is 1. The number of esters is 1. The number of nitrogens with zero attached hydrogens (tertiary/aromatic N) is 2. The first kappa shape index (κ1) is 20.3. The third-order valence-corrected chi connectivity index (χ3v) is 4.89. The first-order valence-corrected chi connectivity index (χ1v) is 9.73. The minimum absolute atomic E-state index is 0.0709. The molecule has 8 heteroatoms. The SMILES string of the molecule is COC(=O)c1ccc(NC(=O)CSc2nc(C)cc(=O)n2-c2ccccc2)cc1. The standard InChI is InChI=1S/C21H19N3O4S/c1-14-12-19(26)24(17-6-4-3-5-7-17)21(22-14)29-13-18(25)23-16-10-8-15(9-11-16)20(27)28-2/h3-12H,13H2,1-2H3,(H,23,25). The number of para-hydroxylation sites is 1. The van der Waals surface area contributed by atoms with Crippen LogP contribution in [0.4, 0.5) is 5.69 Å². The largest absolute Gasteiger partial charge is 0.465 e. The Morgan fingerprint density at radius 2 is 1.79 bits per heavy atom. The van der Waals surface area contributed by atoms with Gasteiger partial charge in [0.2, 0.25) is 5.91 Å². The number of carbonyl (C=O) groups is 2. The number of carbonyl (C=O) groups excluding carboxylic acids is 2. The summed E-state index contributed by atoms with van der Waals surface area (Å²) in [5.41, 5.74) is 2.02. The van der Waals surface area contributed by atoms with Crippen LogP contribution >= 0.6 is 11.8 Å². The highest BCUT2D eigenvalue weighted by atomic mass is 32.2. The second-order valence-corrected chi connectivity index (χ2v) is 7.04. The predicted octanol–water partition coefficient (Wildman–Crippen LogP) is 3.06. The van der Waals surface area contributed by atoms with Crippen LogP contribution in [0.25, 0.3) is 5.69 Å². The molecule has 0 unspecified atom stereocenters. The fourth-order valence-corrected chi connectivity index (χ4v) is 3.48. The molecule has 0 bridgehead atoms. The van der Waals surface area contributed by atoms with Gasteiger partial charge in [-0.1, -0.05) is 30.0 Å². The van der Waals surface area contributed by atoms with Gasteiger partial charge < -0.3 is 10.1 Å². The lowest BCUT2D eigenvalue weighted by Gasteiger charge is -2.12. The molecule has 1 heterocycles. The summed E-state index contributed by atoms with van der Waals surface area (Å²) in [6.45, 7) is 1.74. The molecule has 0 aliphatic heterocycles. The van der Waals surface area contributed by atoms with E-state index in [0.29, 0.717) is 27.8 Å². The summed E-state index contributed by atoms with van der Waals surface area (Å²) in [4.78, 5) is 40.7. The first-order valence-electron chi connectivity index (χ1n) is 8.75. The lowest BCUT2D eigenvalue weighted by atomic mass is 10.2. The summed E-state index contributed by atoms with van der Waals surface area (Å²) in [6.07, 6.45) is 0. The van der Waals surface area contributed by atoms with Crippen LogP contribution in [0.3, 0.4) is 0 Å². The van der Waals surface area contributed by atoms with E-state index in [1.165, 1.54) is 29.5 Å². The summed E-state index contributed by atoms with van der Waals surface area (Å²) in [5.74, 6) is -0.624. The Bertz CT molecular complexity index is 1080. The molecule has 1 amide bonds. The van der Waals surface area contributed by atoms with Crippen molar-refractivity contribution >= 4 is 29.3 Å². The molecule has 3 aromatic rings. The molecule has 2 aromatic carbocycles. The molecule has 29 heavy (non-hydrogen) atoms. The van der Waals surface area contributed by atoms with Crippen molar-refractivity contribution in [3.05, 3.63) is 82.3 Å². The fourth-order valence-electron chi connectivity index (χ4n) is 2.62. The quantitative estimate of drug-likeness (QED) is 0.382. The number of hydrogen-bond donors (Lipinski definition) is 1. The van der Waals surface area contributed by atoms with Crippen LogP contribution in [0.2, 0.25) is 0 Å². The van der Waals surface area contributed by atoms with Crippen LogP contribution < -0.4 is 10.9 Å². The van der Waals surface area contributed by atoms with Crippen LogP contribution in [0.15, 0.2) is 70.6 Å². The van der Waals surface area contributed by atoms with E-state index in [0.717, 1.165) is 0 Å². The molecule has 0 radical (unpaired) electrons. The predicted molar refractivity (Wildman–Crippen MR) is 112 cm³/mol. The average Bonchev–Trinajstić information content (AvgIpc) is 2.72. The van der Waals surface area contributed by atoms with Crippen molar-refractivity contribution in [1.82, 2.24) is 9.55 Å². The number of aryl methyl sites for hydroxylation is 1. The van der Waals surface area contributed by atoms with Crippen molar-refractivity contribution < 1.29 is 14.3 Å². The minimum atomic E-state index is -0.442. The number of thioether (sulfide) groups is 1. The Hall–Kier alpha value is -3.39. The van der Waals surface area contributed by atoms with Gasteiger partial charge in [0.25, 0.3) is 5.56 Å². The van der Waals surface area contributed by atoms with Crippen LogP contribution in [-0.4, -0.2) is 34.3 Å². The third-order valence-electron chi connectivity index (χ3n) is 3.95. The molecule has 0 aliphatic carbocycles. The number of anilines is 1. The minimum Gasteiger partial charge on any atom is -0.465 e. The van der Waals surface area contributed by atoms with E-state index < -0.39 is 5.97 Å². The maximum absolute atomic E-state index is 12.5. The zero-order valence-electron chi connectivity index (χ0n) is 15.9. The van der Waals surface area contributed by atoms with E-state index in [1.807, 2.05) is 30.3 Å². The van der Waals surface area contributed by atoms with Gasteiger partial charge in [-0.2, -0.15) is 0 Å². The molecule has 1 aromatic heterocycles. The highest BCUT2D eigenvalue weighted by molar-refractivity contribution is 7.99. The summed E-state index contributed by atoms with van der Waals surface area (Å²) < 4.78 is 6.13. The smallest absolute Gasteiger partial charge is 0.337 e. The molecule has 0 fully saturated rings. The van der Waals surface area contributed by atoms with Gasteiger partial charge >= 0.3 is 5.97 Å². The van der Waals surface area contributed by atoms with E-state index in [2.05, 4.69) is 15.0 Å². The van der Waals surface area contributed by atoms with E-state index >= 15 is 0 Å². The van der Waals surface area contributed by atoms with Crippen molar-refractivity contribution in [3.63, 3.8) is 0 Å². The van der Waals surface area contributed by atoms with Crippen molar-refractivity contribution in [2.24, 2.45) is 0 Å². The number of methoxy groups -OCH3 is 1. The van der Waals surface area contributed by atoms with Gasteiger partial charge in [-0.3, -0.25) is 14.2 Å². The number of aromatic nitrogens is 2. The zero-order valence-corrected chi connectivity index (χ0v) is 16.7. The van der Waals surface area contributed by atoms with Gasteiger partial charge in [-0.25, -0.2) is 9.78 Å². The van der Waals surface area contributed by atoms with E-state index in [-0.39, 0.29) is 17.2 Å². The van der Waals surface area contributed by atoms with Gasteiger partial charge in [0.1, 0.15) is 0 Å². The zero-order chi connectivity index (χ0) is 20.8. The third kappa shape index (κ3) is 5.11. The topological polar surface area (TPSA) is 90.3 Å². The number of rotatable bonds is 6. The molecule has 0 saturated carbocycles. The van der Waals surface area contributed by atoms with Crippen LogP contribution in [0.1, 0.15) is 16.1 Å². The molecule has 0 saturated heterocycles. The van der Waals surface area contributed by atoms with Crippen LogP contribution in [0, 0.1) is 6.92 Å². The molecule has 1 N–H and O–H groups in total. The number of benzene rings is 2.